The van der Waals surface area contributed by atoms with Crippen LogP contribution in [0.4, 0.5) is 0 Å². The Morgan fingerprint density at radius 3 is 2.23 bits per heavy atom. The molecule has 2 aromatic rings. The second kappa shape index (κ2) is 10.5. The van der Waals surface area contributed by atoms with E-state index in [0.29, 0.717) is 11.1 Å². The zero-order valence-electron chi connectivity index (χ0n) is 18.6. The summed E-state index contributed by atoms with van der Waals surface area (Å²) in [5.41, 5.74) is 1.90. The summed E-state index contributed by atoms with van der Waals surface area (Å²) in [5, 5.41) is 11.0. The molecule has 1 heterocycles. The molecule has 2 aromatic carbocycles. The van der Waals surface area contributed by atoms with Gasteiger partial charge in [0.15, 0.2) is 0 Å². The Balaban J connectivity index is 1.57. The van der Waals surface area contributed by atoms with Gasteiger partial charge in [-0.05, 0) is 42.7 Å². The first kappa shape index (κ1) is 23.0. The number of nitrogens with zero attached hydrogens (tertiary/aromatic N) is 1. The molecule has 1 aliphatic rings. The Morgan fingerprint density at radius 2 is 1.55 bits per heavy atom. The minimum Gasteiger partial charge on any atom is -0.385 e. The van der Waals surface area contributed by atoms with Crippen LogP contribution in [0.15, 0.2) is 54.6 Å². The lowest BCUT2D eigenvalue weighted by molar-refractivity contribution is 0.0448. The van der Waals surface area contributed by atoms with E-state index in [2.05, 4.69) is 6.92 Å². The van der Waals surface area contributed by atoms with Crippen LogP contribution in [0.2, 0.25) is 0 Å². The molecule has 0 aromatic heterocycles. The summed E-state index contributed by atoms with van der Waals surface area (Å²) in [6, 6.07) is 14.8. The minimum absolute atomic E-state index is 0.227. The molecule has 1 N–H and O–H groups in total. The van der Waals surface area contributed by atoms with Gasteiger partial charge in [-0.15, -0.1) is 0 Å². The first-order valence-electron chi connectivity index (χ1n) is 11.4. The summed E-state index contributed by atoms with van der Waals surface area (Å²) < 4.78 is 0. The maximum Gasteiger partial charge on any atom is 0.261 e. The van der Waals surface area contributed by atoms with Crippen molar-refractivity contribution >= 4 is 17.9 Å². The largest absolute Gasteiger partial charge is 0.385 e. The second-order valence-corrected chi connectivity index (χ2v) is 8.59. The van der Waals surface area contributed by atoms with Gasteiger partial charge in [0.25, 0.3) is 11.8 Å². The van der Waals surface area contributed by atoms with Crippen molar-refractivity contribution in [2.75, 3.05) is 6.54 Å². The number of rotatable bonds is 11. The molecule has 1 aliphatic heterocycles. The fourth-order valence-electron chi connectivity index (χ4n) is 4.07. The second-order valence-electron chi connectivity index (χ2n) is 8.59. The standard InChI is InChI=1S/C27H33NO3/c1-3-4-5-6-7-10-18-27(2,31)22-15-11-13-21(20-22)14-12-19-28-25(29)23-16-8-9-17-24(23)26(28)30/h8-9,11-17,20,31H,3-7,10,18-19H2,1-2H3/b14-12+. The van der Waals surface area contributed by atoms with Gasteiger partial charge in [-0.1, -0.05) is 87.9 Å². The molecular formula is C27H33NO3. The normalized spacial score (nSPS) is 15.5. The Morgan fingerprint density at radius 1 is 0.903 bits per heavy atom. The third-order valence-electron chi connectivity index (χ3n) is 6.00. The fraction of sp³-hybridized carbons (Fsp3) is 0.407. The average Bonchev–Trinajstić information content (AvgIpc) is 3.01. The molecule has 1 atom stereocenters. The smallest absolute Gasteiger partial charge is 0.261 e. The number of imide groups is 1. The zero-order chi connectivity index (χ0) is 22.3. The SMILES string of the molecule is CCCCCCCCC(C)(O)c1cccc(/C=C/CN2C(=O)c3ccccc3C2=O)c1. The summed E-state index contributed by atoms with van der Waals surface area (Å²) in [4.78, 5) is 26.2. The van der Waals surface area contributed by atoms with E-state index in [-0.39, 0.29) is 18.4 Å². The number of aliphatic hydroxyl groups is 1. The number of carbonyl (C=O) groups excluding carboxylic acids is 2. The van der Waals surface area contributed by atoms with Crippen LogP contribution in [0, 0.1) is 0 Å². The van der Waals surface area contributed by atoms with E-state index >= 15 is 0 Å². The predicted octanol–water partition coefficient (Wildman–Crippen LogP) is 5.95. The predicted molar refractivity (Wildman–Crippen MR) is 125 cm³/mol. The van der Waals surface area contributed by atoms with Gasteiger partial charge in [-0.3, -0.25) is 14.5 Å². The van der Waals surface area contributed by atoms with Crippen LogP contribution >= 0.6 is 0 Å². The number of benzene rings is 2. The van der Waals surface area contributed by atoms with Gasteiger partial charge in [0.2, 0.25) is 0 Å². The minimum atomic E-state index is -0.864. The van der Waals surface area contributed by atoms with E-state index in [1.165, 1.54) is 30.6 Å². The third kappa shape index (κ3) is 5.71. The number of carbonyl (C=O) groups is 2. The average molecular weight is 420 g/mol. The van der Waals surface area contributed by atoms with E-state index in [4.69, 9.17) is 0 Å². The van der Waals surface area contributed by atoms with Crippen molar-refractivity contribution in [2.45, 2.75) is 64.4 Å². The lowest BCUT2D eigenvalue weighted by Gasteiger charge is -2.24. The van der Waals surface area contributed by atoms with E-state index in [1.807, 2.05) is 43.3 Å². The molecule has 4 nitrogen and oxygen atoms in total. The molecule has 164 valence electrons. The maximum atomic E-state index is 12.5. The molecule has 3 rings (SSSR count). The van der Waals surface area contributed by atoms with Crippen LogP contribution < -0.4 is 0 Å². The molecule has 0 fully saturated rings. The highest BCUT2D eigenvalue weighted by molar-refractivity contribution is 6.21. The Kier molecular flexibility index (Phi) is 7.80. The number of hydrogen-bond donors (Lipinski definition) is 1. The van der Waals surface area contributed by atoms with Crippen molar-refractivity contribution in [3.05, 3.63) is 76.9 Å². The van der Waals surface area contributed by atoms with E-state index in [9.17, 15) is 14.7 Å². The molecule has 1 unspecified atom stereocenters. The lowest BCUT2D eigenvalue weighted by Crippen LogP contribution is -2.29. The van der Waals surface area contributed by atoms with Gasteiger partial charge in [-0.2, -0.15) is 0 Å². The number of hydrogen-bond acceptors (Lipinski definition) is 3. The molecule has 2 amide bonds. The van der Waals surface area contributed by atoms with Crippen molar-refractivity contribution in [1.82, 2.24) is 4.90 Å². The Bertz CT molecular complexity index is 910. The van der Waals surface area contributed by atoms with Gasteiger partial charge in [0, 0.05) is 6.54 Å². The summed E-state index contributed by atoms with van der Waals surface area (Å²) in [5.74, 6) is -0.498. The maximum absolute atomic E-state index is 12.5. The molecule has 0 spiro atoms. The topological polar surface area (TPSA) is 57.6 Å². The third-order valence-corrected chi connectivity index (χ3v) is 6.00. The van der Waals surface area contributed by atoms with Crippen LogP contribution in [0.3, 0.4) is 0 Å². The zero-order valence-corrected chi connectivity index (χ0v) is 18.6. The van der Waals surface area contributed by atoms with Crippen LogP contribution in [0.25, 0.3) is 6.08 Å². The van der Waals surface area contributed by atoms with E-state index < -0.39 is 5.60 Å². The monoisotopic (exact) mass is 419 g/mol. The van der Waals surface area contributed by atoms with Crippen LogP contribution in [0.5, 0.6) is 0 Å². The molecule has 0 aliphatic carbocycles. The fourth-order valence-corrected chi connectivity index (χ4v) is 4.07. The van der Waals surface area contributed by atoms with Crippen LogP contribution in [-0.4, -0.2) is 28.4 Å². The van der Waals surface area contributed by atoms with E-state index in [0.717, 1.165) is 30.4 Å². The number of amides is 2. The summed E-state index contributed by atoms with van der Waals surface area (Å²) in [7, 11) is 0. The van der Waals surface area contributed by atoms with Crippen molar-refractivity contribution < 1.29 is 14.7 Å². The summed E-state index contributed by atoms with van der Waals surface area (Å²) >= 11 is 0. The number of fused-ring (bicyclic) bond motifs is 1. The highest BCUT2D eigenvalue weighted by Crippen LogP contribution is 2.28. The van der Waals surface area contributed by atoms with Gasteiger partial charge in [0.1, 0.15) is 0 Å². The Labute approximate surface area is 185 Å². The summed E-state index contributed by atoms with van der Waals surface area (Å²) in [6.45, 7) is 4.32. The van der Waals surface area contributed by atoms with Crippen molar-refractivity contribution in [3.8, 4) is 0 Å². The van der Waals surface area contributed by atoms with Crippen molar-refractivity contribution in [1.29, 1.82) is 0 Å². The molecule has 31 heavy (non-hydrogen) atoms. The molecule has 0 radical (unpaired) electrons. The molecule has 0 saturated heterocycles. The lowest BCUT2D eigenvalue weighted by atomic mass is 9.89. The first-order valence-corrected chi connectivity index (χ1v) is 11.4. The molecule has 4 heteroatoms. The van der Waals surface area contributed by atoms with E-state index in [1.54, 1.807) is 24.3 Å². The van der Waals surface area contributed by atoms with Gasteiger partial charge in [-0.25, -0.2) is 0 Å². The quantitative estimate of drug-likeness (QED) is 0.361. The highest BCUT2D eigenvalue weighted by Gasteiger charge is 2.34. The van der Waals surface area contributed by atoms with Gasteiger partial charge in [0.05, 0.1) is 16.7 Å². The molecule has 0 saturated carbocycles. The summed E-state index contributed by atoms with van der Waals surface area (Å²) in [6.07, 6.45) is 11.6. The first-order chi connectivity index (χ1) is 14.9. The highest BCUT2D eigenvalue weighted by atomic mass is 16.3. The van der Waals surface area contributed by atoms with Crippen LogP contribution in [0.1, 0.15) is 90.6 Å². The van der Waals surface area contributed by atoms with Crippen molar-refractivity contribution in [2.24, 2.45) is 0 Å². The van der Waals surface area contributed by atoms with Gasteiger partial charge < -0.3 is 5.11 Å². The number of unbranched alkanes of at least 4 members (excludes halogenated alkanes) is 5. The van der Waals surface area contributed by atoms with Gasteiger partial charge >= 0.3 is 0 Å². The Hall–Kier alpha value is -2.72. The molecular weight excluding hydrogens is 386 g/mol. The molecule has 0 bridgehead atoms. The van der Waals surface area contributed by atoms with Crippen LogP contribution in [-0.2, 0) is 5.60 Å². The van der Waals surface area contributed by atoms with Crippen molar-refractivity contribution in [3.63, 3.8) is 0 Å².